The molecule has 1 aliphatic rings. The van der Waals surface area contributed by atoms with Crippen LogP contribution in [0.25, 0.3) is 0 Å². The number of hydrogen-bond acceptors (Lipinski definition) is 2. The molecule has 16 heavy (non-hydrogen) atoms. The molecular formula is C12H17Cl2NO. The van der Waals surface area contributed by atoms with Crippen LogP contribution in [0, 0.1) is 12.8 Å². The minimum absolute atomic E-state index is 0. The molecule has 0 bridgehead atoms. The van der Waals surface area contributed by atoms with Gasteiger partial charge in [-0.3, -0.25) is 0 Å². The maximum absolute atomic E-state index is 9.90. The Morgan fingerprint density at radius 1 is 1.44 bits per heavy atom. The molecule has 0 aliphatic heterocycles. The van der Waals surface area contributed by atoms with Crippen LogP contribution in [0.4, 0.5) is 0 Å². The molecule has 1 saturated carbocycles. The van der Waals surface area contributed by atoms with Crippen LogP contribution in [0.5, 0.6) is 0 Å². The lowest BCUT2D eigenvalue weighted by molar-refractivity contribution is 0.122. The largest absolute Gasteiger partial charge is 0.391 e. The molecule has 0 radical (unpaired) electrons. The van der Waals surface area contributed by atoms with Gasteiger partial charge in [0.05, 0.1) is 12.1 Å². The van der Waals surface area contributed by atoms with Gasteiger partial charge >= 0.3 is 0 Å². The highest BCUT2D eigenvalue weighted by molar-refractivity contribution is 6.31. The Hall–Kier alpha value is -0.280. The quantitative estimate of drug-likeness (QED) is 0.879. The molecule has 2 atom stereocenters. The summed E-state index contributed by atoms with van der Waals surface area (Å²) in [5.74, 6) is 0.389. The number of nitrogens with two attached hydrogens (primary N) is 1. The first-order chi connectivity index (χ1) is 7.09. The van der Waals surface area contributed by atoms with E-state index in [0.29, 0.717) is 10.9 Å². The van der Waals surface area contributed by atoms with Crippen molar-refractivity contribution in [1.82, 2.24) is 0 Å². The Balaban J connectivity index is 0.00000128. The third-order valence-corrected chi connectivity index (χ3v) is 3.46. The molecule has 0 amide bonds. The zero-order valence-corrected chi connectivity index (χ0v) is 10.8. The van der Waals surface area contributed by atoms with E-state index in [-0.39, 0.29) is 18.4 Å². The summed E-state index contributed by atoms with van der Waals surface area (Å²) in [4.78, 5) is 0. The lowest BCUT2D eigenvalue weighted by atomic mass is 9.98. The number of halogens is 2. The number of benzene rings is 1. The number of aryl methyl sites for hydroxylation is 1. The first kappa shape index (κ1) is 13.8. The fraction of sp³-hybridized carbons (Fsp3) is 0.500. The van der Waals surface area contributed by atoms with E-state index in [1.165, 1.54) is 0 Å². The maximum Gasteiger partial charge on any atom is 0.0760 e. The van der Waals surface area contributed by atoms with E-state index >= 15 is 0 Å². The summed E-state index contributed by atoms with van der Waals surface area (Å²) in [7, 11) is 0. The Kier molecular flexibility index (Phi) is 4.62. The Morgan fingerprint density at radius 2 is 2.06 bits per heavy atom. The van der Waals surface area contributed by atoms with Crippen molar-refractivity contribution in [2.45, 2.75) is 31.9 Å². The van der Waals surface area contributed by atoms with Crippen molar-refractivity contribution in [3.05, 3.63) is 34.3 Å². The maximum atomic E-state index is 9.90. The Labute approximate surface area is 107 Å². The molecule has 1 fully saturated rings. The Bertz CT molecular complexity index is 366. The lowest BCUT2D eigenvalue weighted by Crippen LogP contribution is -2.27. The monoisotopic (exact) mass is 261 g/mol. The number of rotatable bonds is 3. The van der Waals surface area contributed by atoms with Crippen LogP contribution >= 0.6 is 24.0 Å². The molecule has 0 saturated heterocycles. The van der Waals surface area contributed by atoms with E-state index in [1.807, 2.05) is 25.1 Å². The average molecular weight is 262 g/mol. The lowest BCUT2D eigenvalue weighted by Gasteiger charge is -2.19. The van der Waals surface area contributed by atoms with Crippen molar-refractivity contribution in [3.8, 4) is 0 Å². The van der Waals surface area contributed by atoms with E-state index in [4.69, 9.17) is 17.3 Å². The minimum Gasteiger partial charge on any atom is -0.391 e. The van der Waals surface area contributed by atoms with Gasteiger partial charge in [0, 0.05) is 5.02 Å². The van der Waals surface area contributed by atoms with Crippen LogP contribution in [-0.4, -0.2) is 11.2 Å². The molecule has 3 N–H and O–H groups in total. The summed E-state index contributed by atoms with van der Waals surface area (Å²) in [6.07, 6.45) is 1.76. The van der Waals surface area contributed by atoms with Crippen molar-refractivity contribution >= 4 is 24.0 Å². The average Bonchev–Trinajstić information content (AvgIpc) is 3.03. The fourth-order valence-electron chi connectivity index (χ4n) is 1.74. The van der Waals surface area contributed by atoms with Crippen molar-refractivity contribution in [3.63, 3.8) is 0 Å². The van der Waals surface area contributed by atoms with Gasteiger partial charge in [-0.15, -0.1) is 12.4 Å². The van der Waals surface area contributed by atoms with Gasteiger partial charge in [0.15, 0.2) is 0 Å². The molecule has 0 aromatic heterocycles. The molecule has 1 aromatic rings. The zero-order valence-electron chi connectivity index (χ0n) is 9.19. The molecular weight excluding hydrogens is 245 g/mol. The van der Waals surface area contributed by atoms with Gasteiger partial charge in [0.2, 0.25) is 0 Å². The van der Waals surface area contributed by atoms with Crippen molar-refractivity contribution < 1.29 is 5.11 Å². The second-order valence-corrected chi connectivity index (χ2v) is 4.77. The molecule has 2 nitrogen and oxygen atoms in total. The van der Waals surface area contributed by atoms with Crippen LogP contribution in [0.1, 0.15) is 30.0 Å². The first-order valence-electron chi connectivity index (χ1n) is 5.29. The second kappa shape index (κ2) is 5.37. The molecule has 1 aromatic carbocycles. The second-order valence-electron chi connectivity index (χ2n) is 4.36. The fourth-order valence-corrected chi connectivity index (χ4v) is 1.93. The van der Waals surface area contributed by atoms with Gasteiger partial charge in [0.1, 0.15) is 0 Å². The minimum atomic E-state index is -0.427. The third-order valence-electron chi connectivity index (χ3n) is 3.05. The van der Waals surface area contributed by atoms with Gasteiger partial charge in [0.25, 0.3) is 0 Å². The third kappa shape index (κ3) is 2.89. The zero-order chi connectivity index (χ0) is 11.0. The van der Waals surface area contributed by atoms with Crippen LogP contribution in [0.15, 0.2) is 18.2 Å². The van der Waals surface area contributed by atoms with Crippen LogP contribution < -0.4 is 5.73 Å². The highest BCUT2D eigenvalue weighted by Gasteiger charge is 2.34. The molecule has 90 valence electrons. The summed E-state index contributed by atoms with van der Waals surface area (Å²) in [5.41, 5.74) is 7.95. The highest BCUT2D eigenvalue weighted by atomic mass is 35.5. The summed E-state index contributed by atoms with van der Waals surface area (Å²) in [6, 6.07) is 5.43. The molecule has 0 heterocycles. The van der Waals surface area contributed by atoms with Crippen LogP contribution in [0.2, 0.25) is 5.02 Å². The van der Waals surface area contributed by atoms with Crippen LogP contribution in [-0.2, 0) is 0 Å². The van der Waals surface area contributed by atoms with Crippen molar-refractivity contribution in [2.75, 3.05) is 0 Å². The predicted molar refractivity (Wildman–Crippen MR) is 69.1 cm³/mol. The molecule has 2 rings (SSSR count). The normalized spacial score (nSPS) is 18.8. The topological polar surface area (TPSA) is 46.2 Å². The number of aliphatic hydroxyl groups is 1. The van der Waals surface area contributed by atoms with Gasteiger partial charge < -0.3 is 10.8 Å². The Morgan fingerprint density at radius 3 is 2.56 bits per heavy atom. The standard InChI is InChI=1S/C12H16ClNO.ClH/c1-7-2-3-9(6-10(7)13)11(14)12(15)8-4-5-8;/h2-3,6,8,11-12,15H,4-5,14H2,1H3;1H/t11-,12+;/m0./s1. The van der Waals surface area contributed by atoms with E-state index < -0.39 is 6.10 Å². The smallest absolute Gasteiger partial charge is 0.0760 e. The summed E-state index contributed by atoms with van der Waals surface area (Å²) in [5, 5.41) is 10.6. The summed E-state index contributed by atoms with van der Waals surface area (Å²) in [6.45, 7) is 1.95. The van der Waals surface area contributed by atoms with Gasteiger partial charge in [-0.2, -0.15) is 0 Å². The van der Waals surface area contributed by atoms with E-state index in [1.54, 1.807) is 0 Å². The van der Waals surface area contributed by atoms with Gasteiger partial charge in [-0.05, 0) is 42.9 Å². The molecule has 1 aliphatic carbocycles. The van der Waals surface area contributed by atoms with Gasteiger partial charge in [-0.1, -0.05) is 23.7 Å². The first-order valence-corrected chi connectivity index (χ1v) is 5.67. The van der Waals surface area contributed by atoms with Crippen molar-refractivity contribution in [2.24, 2.45) is 11.7 Å². The summed E-state index contributed by atoms with van der Waals surface area (Å²) < 4.78 is 0. The molecule has 0 spiro atoms. The van der Waals surface area contributed by atoms with Crippen molar-refractivity contribution in [1.29, 1.82) is 0 Å². The SMILES string of the molecule is Cc1ccc([C@H](N)[C@H](O)C2CC2)cc1Cl.Cl. The predicted octanol–water partition coefficient (Wildman–Crippen LogP) is 2.84. The number of aliphatic hydroxyl groups excluding tert-OH is 1. The van der Waals surface area contributed by atoms with Gasteiger partial charge in [-0.25, -0.2) is 0 Å². The van der Waals surface area contributed by atoms with E-state index in [0.717, 1.165) is 24.0 Å². The molecule has 4 heteroatoms. The summed E-state index contributed by atoms with van der Waals surface area (Å²) >= 11 is 6.02. The van der Waals surface area contributed by atoms with Crippen LogP contribution in [0.3, 0.4) is 0 Å². The number of hydrogen-bond donors (Lipinski definition) is 2. The highest BCUT2D eigenvalue weighted by Crippen LogP contribution is 2.37. The molecule has 0 unspecified atom stereocenters. The van der Waals surface area contributed by atoms with E-state index in [9.17, 15) is 5.11 Å². The van der Waals surface area contributed by atoms with E-state index in [2.05, 4.69) is 0 Å².